The van der Waals surface area contributed by atoms with Gasteiger partial charge in [-0.25, -0.2) is 0 Å². The van der Waals surface area contributed by atoms with Gasteiger partial charge in [-0.05, 0) is 29.3 Å². The molecule has 2 heterocycles. The highest BCUT2D eigenvalue weighted by Crippen LogP contribution is 2.42. The summed E-state index contributed by atoms with van der Waals surface area (Å²) < 4.78 is 23.3. The Labute approximate surface area is 199 Å². The molecular weight excluding hydrogens is 460 g/mol. The van der Waals surface area contributed by atoms with Crippen molar-refractivity contribution in [3.05, 3.63) is 65.3 Å². The van der Waals surface area contributed by atoms with Gasteiger partial charge in [0.15, 0.2) is 23.7 Å². The van der Waals surface area contributed by atoms with E-state index in [1.165, 1.54) is 19.2 Å². The number of aliphatic hydroxyl groups is 2. The number of carbonyl (C=O) groups excluding carboxylic acids is 1. The zero-order chi connectivity index (χ0) is 24.9. The van der Waals surface area contributed by atoms with Gasteiger partial charge in [0.25, 0.3) is 0 Å². The van der Waals surface area contributed by atoms with Crippen molar-refractivity contribution in [2.75, 3.05) is 13.7 Å². The molecule has 6 atom stereocenters. The molecule has 35 heavy (non-hydrogen) atoms. The van der Waals surface area contributed by atoms with E-state index in [0.717, 1.165) is 6.07 Å². The number of aliphatic hydroxyl groups excluding tert-OH is 2. The Bertz CT molecular complexity index is 1220. The van der Waals surface area contributed by atoms with Crippen LogP contribution in [0.2, 0.25) is 0 Å². The van der Waals surface area contributed by atoms with Crippen LogP contribution in [0.3, 0.4) is 0 Å². The number of carbonyl (C=O) groups is 1. The van der Waals surface area contributed by atoms with E-state index in [0.29, 0.717) is 11.1 Å². The molecule has 2 aliphatic heterocycles. The summed E-state index contributed by atoms with van der Waals surface area (Å²) in [5.74, 6) is -1.35. The summed E-state index contributed by atoms with van der Waals surface area (Å²) in [5, 5.41) is 50.3. The lowest BCUT2D eigenvalue weighted by molar-refractivity contribution is -0.205. The maximum atomic E-state index is 12.8. The molecular formula is C25H24O10. The smallest absolute Gasteiger partial charge is 0.202 e. The van der Waals surface area contributed by atoms with E-state index in [1.54, 1.807) is 30.4 Å². The fourth-order valence-electron chi connectivity index (χ4n) is 4.58. The maximum Gasteiger partial charge on any atom is 0.202 e. The Balaban J connectivity index is 1.44. The first-order valence-corrected chi connectivity index (χ1v) is 10.9. The number of ether oxygens (including phenoxy) is 4. The van der Waals surface area contributed by atoms with E-state index in [4.69, 9.17) is 18.9 Å². The van der Waals surface area contributed by atoms with E-state index in [2.05, 4.69) is 0 Å². The second-order valence-electron chi connectivity index (χ2n) is 8.49. The van der Waals surface area contributed by atoms with Crippen molar-refractivity contribution < 1.29 is 49.3 Å². The number of rotatable bonds is 4. The van der Waals surface area contributed by atoms with Gasteiger partial charge in [-0.1, -0.05) is 18.2 Å². The van der Waals surface area contributed by atoms with Crippen molar-refractivity contribution in [3.63, 3.8) is 0 Å². The number of phenolic OH excluding ortho intramolecular Hbond substituents is 3. The van der Waals surface area contributed by atoms with E-state index in [-0.39, 0.29) is 35.2 Å². The Morgan fingerprint density at radius 2 is 1.80 bits per heavy atom. The van der Waals surface area contributed by atoms with Crippen LogP contribution < -0.4 is 9.47 Å². The number of methoxy groups -OCH3 is 1. The third kappa shape index (κ3) is 4.00. The number of Topliss-reactive ketones (excluding diaryl/α,β-unsaturated/α-hetero) is 1. The molecule has 0 radical (unpaired) electrons. The van der Waals surface area contributed by atoms with Crippen molar-refractivity contribution in [2.24, 2.45) is 0 Å². The molecule has 0 amide bonds. The molecule has 2 aromatic carbocycles. The van der Waals surface area contributed by atoms with Crippen LogP contribution in [0, 0.1) is 0 Å². The fraction of sp³-hybridized carbons (Fsp3) is 0.320. The molecule has 3 aliphatic rings. The molecule has 5 N–H and O–H groups in total. The van der Waals surface area contributed by atoms with Crippen molar-refractivity contribution in [3.8, 4) is 28.7 Å². The highest BCUT2D eigenvalue weighted by molar-refractivity contribution is 6.05. The first kappa shape index (κ1) is 23.2. The maximum absolute atomic E-state index is 12.8. The van der Waals surface area contributed by atoms with Crippen LogP contribution >= 0.6 is 0 Å². The SMILES string of the molecule is COc1cc(C2OC3C=C(C4Oc5cc(O)cc(O)c5C(=O)C4O)C=CC3OC2CO)ccc1O. The van der Waals surface area contributed by atoms with Crippen LogP contribution in [-0.4, -0.2) is 75.6 Å². The minimum Gasteiger partial charge on any atom is -0.508 e. The quantitative estimate of drug-likeness (QED) is 0.431. The Hall–Kier alpha value is -3.57. The second-order valence-corrected chi connectivity index (χ2v) is 8.49. The highest BCUT2D eigenvalue weighted by Gasteiger charge is 2.43. The summed E-state index contributed by atoms with van der Waals surface area (Å²) in [5.41, 5.74) is 0.855. The van der Waals surface area contributed by atoms with Crippen molar-refractivity contribution in [2.45, 2.75) is 36.6 Å². The van der Waals surface area contributed by atoms with E-state index >= 15 is 0 Å². The average Bonchev–Trinajstić information content (AvgIpc) is 2.85. The number of ketones is 1. The van der Waals surface area contributed by atoms with Gasteiger partial charge < -0.3 is 44.5 Å². The molecule has 0 saturated carbocycles. The van der Waals surface area contributed by atoms with E-state index in [9.17, 15) is 30.3 Å². The lowest BCUT2D eigenvalue weighted by Crippen LogP contribution is -2.48. The second kappa shape index (κ2) is 8.90. The van der Waals surface area contributed by atoms with Crippen LogP contribution in [0.25, 0.3) is 0 Å². The number of fused-ring (bicyclic) bond motifs is 2. The molecule has 2 aromatic rings. The van der Waals surface area contributed by atoms with Crippen LogP contribution in [0.15, 0.2) is 54.1 Å². The molecule has 184 valence electrons. The van der Waals surface area contributed by atoms with Gasteiger partial charge in [0.1, 0.15) is 47.2 Å². The number of hydrogen-bond acceptors (Lipinski definition) is 10. The van der Waals surface area contributed by atoms with Crippen molar-refractivity contribution in [1.29, 1.82) is 0 Å². The number of hydrogen-bond donors (Lipinski definition) is 5. The molecule has 1 saturated heterocycles. The highest BCUT2D eigenvalue weighted by atomic mass is 16.6. The minimum absolute atomic E-state index is 0.0420. The number of aromatic hydroxyl groups is 3. The summed E-state index contributed by atoms with van der Waals surface area (Å²) in [6.07, 6.45) is -0.302. The Morgan fingerprint density at radius 1 is 1.00 bits per heavy atom. The number of phenols is 3. The zero-order valence-corrected chi connectivity index (χ0v) is 18.6. The normalized spacial score (nSPS) is 29.6. The first-order valence-electron chi connectivity index (χ1n) is 10.9. The molecule has 0 aromatic heterocycles. The number of benzene rings is 2. The van der Waals surface area contributed by atoms with Crippen LogP contribution in [-0.2, 0) is 9.47 Å². The van der Waals surface area contributed by atoms with E-state index in [1.807, 2.05) is 0 Å². The van der Waals surface area contributed by atoms with Crippen LogP contribution in [0.4, 0.5) is 0 Å². The Kier molecular flexibility index (Phi) is 5.89. The minimum atomic E-state index is -1.60. The van der Waals surface area contributed by atoms with Gasteiger partial charge in [0, 0.05) is 12.1 Å². The summed E-state index contributed by atoms with van der Waals surface area (Å²) in [4.78, 5) is 12.8. The molecule has 1 aliphatic carbocycles. The summed E-state index contributed by atoms with van der Waals surface area (Å²) in [6, 6.07) is 6.89. The zero-order valence-electron chi connectivity index (χ0n) is 18.6. The van der Waals surface area contributed by atoms with Crippen molar-refractivity contribution >= 4 is 5.78 Å². The molecule has 10 heteroatoms. The molecule has 10 nitrogen and oxygen atoms in total. The summed E-state index contributed by atoms with van der Waals surface area (Å²) in [6.45, 7) is -0.315. The van der Waals surface area contributed by atoms with Gasteiger partial charge >= 0.3 is 0 Å². The van der Waals surface area contributed by atoms with Gasteiger partial charge in [-0.15, -0.1) is 0 Å². The lowest BCUT2D eigenvalue weighted by atomic mass is 9.88. The predicted octanol–water partition coefficient (Wildman–Crippen LogP) is 1.50. The molecule has 0 spiro atoms. The van der Waals surface area contributed by atoms with Gasteiger partial charge in [0.2, 0.25) is 5.78 Å². The first-order chi connectivity index (χ1) is 16.8. The standard InChI is InChI=1S/C25H24O10/c1-32-17-6-11(2-4-14(17)28)24-20(10-26)33-16-5-3-12(7-18(16)34-24)25-23(31)22(30)21-15(29)8-13(27)9-19(21)35-25/h2-9,16,18,20,23-29,31H,10H2,1H3. The van der Waals surface area contributed by atoms with Crippen molar-refractivity contribution in [1.82, 2.24) is 0 Å². The third-order valence-corrected chi connectivity index (χ3v) is 6.29. The van der Waals surface area contributed by atoms with Gasteiger partial charge in [-0.2, -0.15) is 0 Å². The summed E-state index contributed by atoms with van der Waals surface area (Å²) in [7, 11) is 1.42. The van der Waals surface area contributed by atoms with E-state index < -0.39 is 48.2 Å². The largest absolute Gasteiger partial charge is 0.508 e. The Morgan fingerprint density at radius 3 is 2.54 bits per heavy atom. The molecule has 1 fully saturated rings. The molecule has 5 rings (SSSR count). The average molecular weight is 484 g/mol. The van der Waals surface area contributed by atoms with Crippen LogP contribution in [0.1, 0.15) is 22.0 Å². The molecule has 0 bridgehead atoms. The lowest BCUT2D eigenvalue weighted by Gasteiger charge is -2.41. The topological polar surface area (TPSA) is 155 Å². The summed E-state index contributed by atoms with van der Waals surface area (Å²) >= 11 is 0. The third-order valence-electron chi connectivity index (χ3n) is 6.29. The molecule has 6 unspecified atom stereocenters. The fourth-order valence-corrected chi connectivity index (χ4v) is 4.58. The van der Waals surface area contributed by atoms with Crippen LogP contribution in [0.5, 0.6) is 28.7 Å². The van der Waals surface area contributed by atoms with Gasteiger partial charge in [-0.3, -0.25) is 4.79 Å². The predicted molar refractivity (Wildman–Crippen MR) is 120 cm³/mol. The monoisotopic (exact) mass is 484 g/mol. The van der Waals surface area contributed by atoms with Gasteiger partial charge in [0.05, 0.1) is 13.7 Å².